The fourth-order valence-corrected chi connectivity index (χ4v) is 8.54. The fourth-order valence-electron chi connectivity index (χ4n) is 7.00. The zero-order chi connectivity index (χ0) is 50.5. The molecule has 0 aliphatic heterocycles. The number of carbonyl (C=O) groups excluding carboxylic acids is 2. The van der Waals surface area contributed by atoms with Gasteiger partial charge in [-0.2, -0.15) is 0 Å². The average Bonchev–Trinajstić information content (AvgIpc) is 3.29. The Morgan fingerprint density at radius 3 is 1.54 bits per heavy atom. The number of carbonyl (C=O) groups is 2. The van der Waals surface area contributed by atoms with Crippen LogP contribution in [0.5, 0.6) is 0 Å². The van der Waals surface area contributed by atoms with Gasteiger partial charge in [0, 0.05) is 12.8 Å². The van der Waals surface area contributed by atoms with Gasteiger partial charge in [-0.1, -0.05) is 138 Å². The third kappa shape index (κ3) is 33.1. The summed E-state index contributed by atoms with van der Waals surface area (Å²) in [5.74, 6) is -1.30. The van der Waals surface area contributed by atoms with Gasteiger partial charge in [-0.3, -0.25) is 23.2 Å². The Bertz CT molecular complexity index is 1610. The van der Waals surface area contributed by atoms with E-state index < -0.39 is 83.5 Å². The predicted molar refractivity (Wildman–Crippen MR) is 261 cm³/mol. The molecule has 392 valence electrons. The van der Waals surface area contributed by atoms with Crippen LogP contribution in [0.25, 0.3) is 0 Å². The van der Waals surface area contributed by atoms with Crippen LogP contribution < -0.4 is 0 Å². The maximum absolute atomic E-state index is 13.0. The molecule has 1 aliphatic rings. The van der Waals surface area contributed by atoms with Crippen molar-refractivity contribution in [1.82, 2.24) is 0 Å². The SMILES string of the molecule is CCCCC/C=C\C/C=C\CCCCCCCCCC(=O)O[C@H](COC(=O)CCC/C=C\C/C=C\C/C=C\C/C=C\CC(O)CCC)COP(=O)(O)O[C@H]1C(O)C(O)C(O)[C@@H](OP(=O)(O)O)C1O. The molecule has 8 N–H and O–H groups in total. The van der Waals surface area contributed by atoms with Gasteiger partial charge < -0.3 is 49.7 Å². The lowest BCUT2D eigenvalue weighted by Crippen LogP contribution is -2.64. The smallest absolute Gasteiger partial charge is 0.462 e. The van der Waals surface area contributed by atoms with E-state index in [9.17, 15) is 58.9 Å². The zero-order valence-electron chi connectivity index (χ0n) is 40.4. The molecule has 0 aromatic heterocycles. The van der Waals surface area contributed by atoms with E-state index in [-0.39, 0.29) is 18.9 Å². The number of hydrogen-bond donors (Lipinski definition) is 8. The van der Waals surface area contributed by atoms with Gasteiger partial charge in [-0.05, 0) is 83.5 Å². The summed E-state index contributed by atoms with van der Waals surface area (Å²) in [5.41, 5.74) is 0. The lowest BCUT2D eigenvalue weighted by Gasteiger charge is -2.43. The number of unbranched alkanes of at least 4 members (excludes halogenated alkanes) is 11. The number of aliphatic hydroxyl groups is 5. The van der Waals surface area contributed by atoms with Gasteiger partial charge in [-0.15, -0.1) is 0 Å². The van der Waals surface area contributed by atoms with Crippen molar-refractivity contribution >= 4 is 27.6 Å². The maximum atomic E-state index is 13.0. The van der Waals surface area contributed by atoms with Crippen molar-refractivity contribution in [3.8, 4) is 0 Å². The number of phosphoric acid groups is 2. The van der Waals surface area contributed by atoms with Gasteiger partial charge in [0.2, 0.25) is 0 Å². The number of aliphatic hydroxyl groups excluding tert-OH is 5. The summed E-state index contributed by atoms with van der Waals surface area (Å²) in [4.78, 5) is 54.3. The summed E-state index contributed by atoms with van der Waals surface area (Å²) >= 11 is 0. The summed E-state index contributed by atoms with van der Waals surface area (Å²) in [6.45, 7) is 2.83. The number of phosphoric ester groups is 2. The molecular formula is C49H84O17P2. The first-order chi connectivity index (χ1) is 32.5. The molecule has 0 saturated heterocycles. The molecule has 6 unspecified atom stereocenters. The normalized spacial score (nSPS) is 22.3. The van der Waals surface area contributed by atoms with E-state index in [1.54, 1.807) is 0 Å². The molecule has 0 aromatic rings. The summed E-state index contributed by atoms with van der Waals surface area (Å²) in [6.07, 6.45) is 29.1. The maximum Gasteiger partial charge on any atom is 0.472 e. The molecule has 0 heterocycles. The molecule has 1 saturated carbocycles. The van der Waals surface area contributed by atoms with Crippen molar-refractivity contribution in [1.29, 1.82) is 0 Å². The van der Waals surface area contributed by atoms with E-state index in [0.29, 0.717) is 25.7 Å². The second-order valence-corrected chi connectivity index (χ2v) is 19.6. The fraction of sp³-hybridized carbons (Fsp3) is 0.714. The van der Waals surface area contributed by atoms with E-state index in [1.807, 2.05) is 37.3 Å². The van der Waals surface area contributed by atoms with Crippen LogP contribution >= 0.6 is 15.6 Å². The first-order valence-corrected chi connectivity index (χ1v) is 27.6. The van der Waals surface area contributed by atoms with Gasteiger partial charge >= 0.3 is 27.6 Å². The van der Waals surface area contributed by atoms with Crippen molar-refractivity contribution < 1.29 is 82.0 Å². The monoisotopic (exact) mass is 1010 g/mol. The first-order valence-electron chi connectivity index (χ1n) is 24.6. The highest BCUT2D eigenvalue weighted by Crippen LogP contribution is 2.49. The summed E-state index contributed by atoms with van der Waals surface area (Å²) < 4.78 is 49.3. The predicted octanol–water partition coefficient (Wildman–Crippen LogP) is 8.59. The van der Waals surface area contributed by atoms with Crippen LogP contribution in [0.2, 0.25) is 0 Å². The molecule has 9 atom stereocenters. The Labute approximate surface area is 404 Å². The van der Waals surface area contributed by atoms with Crippen molar-refractivity contribution in [2.45, 2.75) is 210 Å². The van der Waals surface area contributed by atoms with Crippen molar-refractivity contribution in [3.05, 3.63) is 72.9 Å². The van der Waals surface area contributed by atoms with Crippen molar-refractivity contribution in [3.63, 3.8) is 0 Å². The Balaban J connectivity index is 2.63. The number of allylic oxidation sites excluding steroid dienone is 11. The zero-order valence-corrected chi connectivity index (χ0v) is 42.2. The molecule has 0 bridgehead atoms. The molecular weight excluding hydrogens is 922 g/mol. The van der Waals surface area contributed by atoms with Crippen LogP contribution in [0, 0.1) is 0 Å². The minimum atomic E-state index is -5.38. The van der Waals surface area contributed by atoms with E-state index in [2.05, 4.69) is 54.0 Å². The highest BCUT2D eigenvalue weighted by molar-refractivity contribution is 7.47. The number of hydrogen-bond acceptors (Lipinski definition) is 14. The Morgan fingerprint density at radius 1 is 0.529 bits per heavy atom. The summed E-state index contributed by atoms with van der Waals surface area (Å²) in [7, 11) is -10.7. The van der Waals surface area contributed by atoms with Gasteiger partial charge in [0.05, 0.1) is 12.7 Å². The van der Waals surface area contributed by atoms with Crippen molar-refractivity contribution in [2.24, 2.45) is 0 Å². The first kappa shape index (κ1) is 63.4. The molecule has 0 spiro atoms. The molecule has 68 heavy (non-hydrogen) atoms. The standard InChI is InChI=1S/C49H84O17P2/c1-3-5-6-7-8-9-10-11-12-13-14-17-21-24-27-30-33-37-43(52)64-41(39-63-68(60,61)66-49-46(55)44(53)45(54)48(47(49)56)65-67(57,58)59)38-62-42(51)36-32-29-26-23-20-18-15-16-19-22-25-28-31-35-40(50)34-4-2/h8-9,11-12,15,18-19,22-23,26,28,31,40-41,44-50,53-56H,3-7,10,13-14,16-17,20-21,24-25,27,29-30,32-39H2,1-2H3,(H,60,61)(H2,57,58,59)/b9-8-,12-11-,18-15-,22-19-,26-23-,31-28-/t40?,41-,44?,45?,46?,47?,48-,49+/m1/s1. The molecule has 1 rings (SSSR count). The Hall–Kier alpha value is -2.60. The van der Waals surface area contributed by atoms with E-state index in [4.69, 9.17) is 18.5 Å². The minimum absolute atomic E-state index is 0.0126. The average molecular weight is 1010 g/mol. The van der Waals surface area contributed by atoms with Gasteiger partial charge in [0.15, 0.2) is 6.10 Å². The second kappa shape index (κ2) is 39.1. The molecule has 1 aliphatic carbocycles. The largest absolute Gasteiger partial charge is 0.472 e. The molecule has 0 amide bonds. The molecule has 17 nitrogen and oxygen atoms in total. The number of esters is 2. The third-order valence-corrected chi connectivity index (χ3v) is 12.3. The molecule has 0 radical (unpaired) electrons. The number of rotatable bonds is 40. The molecule has 0 aromatic carbocycles. The minimum Gasteiger partial charge on any atom is -0.462 e. The van der Waals surface area contributed by atoms with Crippen LogP contribution in [-0.2, 0) is 41.8 Å². The second-order valence-electron chi connectivity index (χ2n) is 17.0. The molecule has 19 heteroatoms. The van der Waals surface area contributed by atoms with Crippen LogP contribution in [0.3, 0.4) is 0 Å². The quantitative estimate of drug-likeness (QED) is 0.0123. The number of ether oxygens (including phenoxy) is 2. The Morgan fingerprint density at radius 2 is 1.00 bits per heavy atom. The van der Waals surface area contributed by atoms with E-state index >= 15 is 0 Å². The highest BCUT2D eigenvalue weighted by atomic mass is 31.2. The Kier molecular flexibility index (Phi) is 36.4. The van der Waals surface area contributed by atoms with Gasteiger partial charge in [-0.25, -0.2) is 9.13 Å². The van der Waals surface area contributed by atoms with Crippen LogP contribution in [0.4, 0.5) is 0 Å². The lowest BCUT2D eigenvalue weighted by molar-refractivity contribution is -0.216. The highest BCUT2D eigenvalue weighted by Gasteiger charge is 2.54. The van der Waals surface area contributed by atoms with E-state index in [1.165, 1.54) is 19.3 Å². The van der Waals surface area contributed by atoms with Crippen LogP contribution in [0.15, 0.2) is 72.9 Å². The molecule has 1 fully saturated rings. The topological polar surface area (TPSA) is 276 Å². The summed E-state index contributed by atoms with van der Waals surface area (Å²) in [6, 6.07) is 0. The summed E-state index contributed by atoms with van der Waals surface area (Å²) in [5, 5.41) is 51.0. The van der Waals surface area contributed by atoms with Crippen LogP contribution in [-0.4, -0.2) is 114 Å². The van der Waals surface area contributed by atoms with Gasteiger partial charge in [0.25, 0.3) is 0 Å². The van der Waals surface area contributed by atoms with E-state index in [0.717, 1.165) is 89.9 Å². The van der Waals surface area contributed by atoms with Crippen molar-refractivity contribution in [2.75, 3.05) is 13.2 Å². The lowest BCUT2D eigenvalue weighted by atomic mass is 9.85. The van der Waals surface area contributed by atoms with Crippen LogP contribution in [0.1, 0.15) is 162 Å². The third-order valence-electron chi connectivity index (χ3n) is 10.8. The van der Waals surface area contributed by atoms with Gasteiger partial charge in [0.1, 0.15) is 43.2 Å².